The van der Waals surface area contributed by atoms with E-state index in [4.69, 9.17) is 0 Å². The Morgan fingerprint density at radius 3 is 2.36 bits per heavy atom. The highest BCUT2D eigenvalue weighted by Crippen LogP contribution is 2.21. The molecule has 1 aliphatic rings. The van der Waals surface area contributed by atoms with Crippen molar-refractivity contribution in [2.75, 3.05) is 38.0 Å². The number of nitrogens with zero attached hydrogens (tertiary/aromatic N) is 2. The fourth-order valence-electron chi connectivity index (χ4n) is 3.33. The van der Waals surface area contributed by atoms with Crippen LogP contribution >= 0.6 is 15.9 Å². The first kappa shape index (κ1) is 20.5. The van der Waals surface area contributed by atoms with Crippen molar-refractivity contribution in [2.45, 2.75) is 13.8 Å². The molecule has 0 bridgehead atoms. The molecule has 3 rings (SSSR count). The lowest BCUT2D eigenvalue weighted by molar-refractivity contribution is -0.117. The maximum atomic E-state index is 13.5. The van der Waals surface area contributed by atoms with Crippen LogP contribution in [0.1, 0.15) is 21.5 Å². The van der Waals surface area contributed by atoms with Gasteiger partial charge in [0.15, 0.2) is 0 Å². The summed E-state index contributed by atoms with van der Waals surface area (Å²) in [7, 11) is 0. The highest BCUT2D eigenvalue weighted by Gasteiger charge is 2.25. The molecule has 1 heterocycles. The van der Waals surface area contributed by atoms with Crippen molar-refractivity contribution in [1.82, 2.24) is 9.80 Å². The van der Waals surface area contributed by atoms with Crippen molar-refractivity contribution in [1.29, 1.82) is 0 Å². The van der Waals surface area contributed by atoms with Crippen molar-refractivity contribution in [3.8, 4) is 0 Å². The molecule has 0 radical (unpaired) electrons. The van der Waals surface area contributed by atoms with Crippen molar-refractivity contribution in [3.05, 3.63) is 63.4 Å². The second kappa shape index (κ2) is 8.84. The number of para-hydroxylation sites is 1. The fraction of sp³-hybridized carbons (Fsp3) is 0.333. The van der Waals surface area contributed by atoms with Crippen LogP contribution in [0, 0.1) is 19.7 Å². The number of anilines is 1. The molecule has 0 atom stereocenters. The molecular weight excluding hydrogens is 425 g/mol. The fourth-order valence-corrected chi connectivity index (χ4v) is 3.75. The minimum Gasteiger partial charge on any atom is -0.336 e. The van der Waals surface area contributed by atoms with E-state index in [9.17, 15) is 14.0 Å². The molecule has 0 unspecified atom stereocenters. The predicted molar refractivity (Wildman–Crippen MR) is 111 cm³/mol. The highest BCUT2D eigenvalue weighted by atomic mass is 79.9. The van der Waals surface area contributed by atoms with E-state index in [1.807, 2.05) is 36.9 Å². The molecule has 1 N–H and O–H groups in total. The van der Waals surface area contributed by atoms with Crippen LogP contribution in [0.5, 0.6) is 0 Å². The number of aryl methyl sites for hydroxylation is 2. The number of amides is 2. The van der Waals surface area contributed by atoms with Gasteiger partial charge in [-0.3, -0.25) is 14.5 Å². The minimum absolute atomic E-state index is 0.0648. The van der Waals surface area contributed by atoms with E-state index in [1.165, 1.54) is 18.2 Å². The summed E-state index contributed by atoms with van der Waals surface area (Å²) < 4.78 is 14.0. The van der Waals surface area contributed by atoms with Crippen LogP contribution in [0.2, 0.25) is 0 Å². The monoisotopic (exact) mass is 447 g/mol. The summed E-state index contributed by atoms with van der Waals surface area (Å²) in [5, 5.41) is 2.99. The van der Waals surface area contributed by atoms with Crippen molar-refractivity contribution in [2.24, 2.45) is 0 Å². The number of piperazine rings is 1. The topological polar surface area (TPSA) is 52.7 Å². The molecule has 2 aromatic carbocycles. The molecule has 5 nitrogen and oxygen atoms in total. The standard InChI is InChI=1S/C21H23BrFN3O2/c1-14-4-3-5-15(2)20(14)24-19(27)13-25-8-10-26(11-9-25)21(28)17-12-16(23)6-7-18(17)22/h3-7,12H,8-11,13H2,1-2H3,(H,24,27). The molecule has 148 valence electrons. The number of hydrogen-bond acceptors (Lipinski definition) is 3. The lowest BCUT2D eigenvalue weighted by Gasteiger charge is -2.34. The van der Waals surface area contributed by atoms with Gasteiger partial charge < -0.3 is 10.2 Å². The molecule has 1 fully saturated rings. The lowest BCUT2D eigenvalue weighted by atomic mass is 10.1. The SMILES string of the molecule is Cc1cccc(C)c1NC(=O)CN1CCN(C(=O)c2cc(F)ccc2Br)CC1. The normalized spacial score (nSPS) is 14.8. The van der Waals surface area contributed by atoms with E-state index in [1.54, 1.807) is 4.90 Å². The zero-order valence-electron chi connectivity index (χ0n) is 16.0. The van der Waals surface area contributed by atoms with E-state index >= 15 is 0 Å². The molecule has 7 heteroatoms. The highest BCUT2D eigenvalue weighted by molar-refractivity contribution is 9.10. The van der Waals surface area contributed by atoms with Crippen molar-refractivity contribution < 1.29 is 14.0 Å². The van der Waals surface area contributed by atoms with Gasteiger partial charge in [-0.25, -0.2) is 4.39 Å². The number of benzene rings is 2. The largest absolute Gasteiger partial charge is 0.336 e. The van der Waals surface area contributed by atoms with Gasteiger partial charge in [-0.05, 0) is 59.1 Å². The third-order valence-electron chi connectivity index (χ3n) is 4.93. The summed E-state index contributed by atoms with van der Waals surface area (Å²) >= 11 is 3.31. The third kappa shape index (κ3) is 4.77. The van der Waals surface area contributed by atoms with Gasteiger partial charge in [0.2, 0.25) is 5.91 Å². The van der Waals surface area contributed by atoms with Crippen LogP contribution in [0.3, 0.4) is 0 Å². The Kier molecular flexibility index (Phi) is 6.46. The van der Waals surface area contributed by atoms with Crippen LogP contribution in [0.25, 0.3) is 0 Å². The molecule has 28 heavy (non-hydrogen) atoms. The molecule has 1 aliphatic heterocycles. The first-order valence-corrected chi connectivity index (χ1v) is 9.97. The minimum atomic E-state index is -0.437. The maximum absolute atomic E-state index is 13.5. The molecular formula is C21H23BrFN3O2. The Labute approximate surface area is 172 Å². The molecule has 1 saturated heterocycles. The summed E-state index contributed by atoms with van der Waals surface area (Å²) in [5.41, 5.74) is 3.24. The molecule has 0 spiro atoms. The Morgan fingerprint density at radius 1 is 1.07 bits per heavy atom. The first-order valence-electron chi connectivity index (χ1n) is 9.18. The Balaban J connectivity index is 1.54. The molecule has 0 aromatic heterocycles. The van der Waals surface area contributed by atoms with E-state index in [2.05, 4.69) is 21.2 Å². The molecule has 0 aliphatic carbocycles. The van der Waals surface area contributed by atoms with E-state index in [0.717, 1.165) is 16.8 Å². The van der Waals surface area contributed by atoms with Gasteiger partial charge >= 0.3 is 0 Å². The van der Waals surface area contributed by atoms with Crippen LogP contribution in [0.4, 0.5) is 10.1 Å². The molecule has 2 amide bonds. The average Bonchev–Trinajstić information content (AvgIpc) is 2.67. The Hall–Kier alpha value is -2.25. The molecule has 2 aromatic rings. The third-order valence-corrected chi connectivity index (χ3v) is 5.62. The summed E-state index contributed by atoms with van der Waals surface area (Å²) in [5.74, 6) is -0.704. The van der Waals surface area contributed by atoms with Gasteiger partial charge in [-0.15, -0.1) is 0 Å². The number of carbonyl (C=O) groups excluding carboxylic acids is 2. The van der Waals surface area contributed by atoms with Crippen molar-refractivity contribution >= 4 is 33.4 Å². The van der Waals surface area contributed by atoms with E-state index in [0.29, 0.717) is 36.2 Å². The van der Waals surface area contributed by atoms with Gasteiger partial charge in [0, 0.05) is 36.3 Å². The van der Waals surface area contributed by atoms with Crippen molar-refractivity contribution in [3.63, 3.8) is 0 Å². The maximum Gasteiger partial charge on any atom is 0.255 e. The van der Waals surface area contributed by atoms with Crippen LogP contribution in [-0.2, 0) is 4.79 Å². The lowest BCUT2D eigenvalue weighted by Crippen LogP contribution is -2.50. The number of carbonyl (C=O) groups is 2. The second-order valence-electron chi connectivity index (χ2n) is 7.01. The van der Waals surface area contributed by atoms with Crippen LogP contribution in [-0.4, -0.2) is 54.3 Å². The van der Waals surface area contributed by atoms with Gasteiger partial charge in [-0.2, -0.15) is 0 Å². The van der Waals surface area contributed by atoms with Crippen LogP contribution < -0.4 is 5.32 Å². The predicted octanol–water partition coefficient (Wildman–Crippen LogP) is 3.60. The average molecular weight is 448 g/mol. The Bertz CT molecular complexity index is 875. The van der Waals surface area contributed by atoms with E-state index < -0.39 is 5.82 Å². The van der Waals surface area contributed by atoms with Gasteiger partial charge in [0.1, 0.15) is 5.82 Å². The van der Waals surface area contributed by atoms with Gasteiger partial charge in [0.05, 0.1) is 12.1 Å². The number of nitrogens with one attached hydrogen (secondary N) is 1. The zero-order valence-corrected chi connectivity index (χ0v) is 17.6. The van der Waals surface area contributed by atoms with Gasteiger partial charge in [-0.1, -0.05) is 18.2 Å². The summed E-state index contributed by atoms with van der Waals surface area (Å²) in [6.45, 7) is 6.41. The quantitative estimate of drug-likeness (QED) is 0.778. The summed E-state index contributed by atoms with van der Waals surface area (Å²) in [4.78, 5) is 28.8. The number of hydrogen-bond donors (Lipinski definition) is 1. The summed E-state index contributed by atoms with van der Waals surface area (Å²) in [6.07, 6.45) is 0. The van der Waals surface area contributed by atoms with E-state index in [-0.39, 0.29) is 18.4 Å². The number of rotatable bonds is 4. The van der Waals surface area contributed by atoms with Crippen LogP contribution in [0.15, 0.2) is 40.9 Å². The van der Waals surface area contributed by atoms with Gasteiger partial charge in [0.25, 0.3) is 5.91 Å². The smallest absolute Gasteiger partial charge is 0.255 e. The second-order valence-corrected chi connectivity index (χ2v) is 7.86. The molecule has 0 saturated carbocycles. The zero-order chi connectivity index (χ0) is 20.3. The Morgan fingerprint density at radius 2 is 1.71 bits per heavy atom. The number of halogens is 2. The summed E-state index contributed by atoms with van der Waals surface area (Å²) in [6, 6.07) is 10.0. The first-order chi connectivity index (χ1) is 13.3.